The first-order valence-electron chi connectivity index (χ1n) is 5.13. The van der Waals surface area contributed by atoms with E-state index in [1.54, 1.807) is 0 Å². The van der Waals surface area contributed by atoms with Crippen molar-refractivity contribution in [3.63, 3.8) is 0 Å². The summed E-state index contributed by atoms with van der Waals surface area (Å²) in [6, 6.07) is 6.11. The van der Waals surface area contributed by atoms with Gasteiger partial charge in [-0.05, 0) is 36.5 Å². The van der Waals surface area contributed by atoms with Crippen molar-refractivity contribution in [3.05, 3.63) is 35.5 Å². The number of aliphatic hydroxyl groups excluding tert-OH is 1. The minimum atomic E-state index is -0.282. The predicted octanol–water partition coefficient (Wildman–Crippen LogP) is 2.54. The molecule has 2 nitrogen and oxygen atoms in total. The highest BCUT2D eigenvalue weighted by Crippen LogP contribution is 2.33. The van der Waals surface area contributed by atoms with Crippen molar-refractivity contribution in [1.29, 1.82) is 0 Å². The summed E-state index contributed by atoms with van der Waals surface area (Å²) in [5, 5.41) is 11.2. The maximum atomic E-state index is 9.96. The van der Waals surface area contributed by atoms with Gasteiger partial charge in [0, 0.05) is 17.1 Å². The van der Waals surface area contributed by atoms with Crippen molar-refractivity contribution in [2.45, 2.75) is 25.4 Å². The van der Waals surface area contributed by atoms with Crippen LogP contribution in [0.5, 0.6) is 0 Å². The topological polar surface area (TPSA) is 36.0 Å². The molecule has 0 radical (unpaired) electrons. The van der Waals surface area contributed by atoms with E-state index in [-0.39, 0.29) is 6.10 Å². The van der Waals surface area contributed by atoms with Gasteiger partial charge in [-0.1, -0.05) is 12.1 Å². The molecule has 0 aliphatic heterocycles. The van der Waals surface area contributed by atoms with E-state index < -0.39 is 0 Å². The van der Waals surface area contributed by atoms with Crippen molar-refractivity contribution in [3.8, 4) is 0 Å². The van der Waals surface area contributed by atoms with E-state index in [1.165, 1.54) is 10.9 Å². The molecule has 0 saturated carbocycles. The lowest BCUT2D eigenvalue weighted by atomic mass is 10.0. The normalized spacial score (nSPS) is 21.1. The molecule has 1 aromatic heterocycles. The Hall–Kier alpha value is -1.28. The number of hydrogen-bond donors (Lipinski definition) is 2. The number of aromatic amines is 1. The molecule has 0 bridgehead atoms. The zero-order valence-electron chi connectivity index (χ0n) is 7.96. The second kappa shape index (κ2) is 2.85. The highest BCUT2D eigenvalue weighted by Gasteiger charge is 2.18. The number of benzene rings is 1. The molecule has 2 heteroatoms. The average Bonchev–Trinajstić information content (AvgIpc) is 2.53. The summed E-state index contributed by atoms with van der Waals surface area (Å²) in [6.45, 7) is 0. The zero-order valence-corrected chi connectivity index (χ0v) is 7.96. The van der Waals surface area contributed by atoms with E-state index in [0.29, 0.717) is 0 Å². The molecule has 1 aromatic carbocycles. The monoisotopic (exact) mass is 187 g/mol. The quantitative estimate of drug-likeness (QED) is 0.653. The van der Waals surface area contributed by atoms with Gasteiger partial charge in [-0.3, -0.25) is 0 Å². The summed E-state index contributed by atoms with van der Waals surface area (Å²) in [4.78, 5) is 3.26. The minimum Gasteiger partial charge on any atom is -0.388 e. The molecule has 0 fully saturated rings. The van der Waals surface area contributed by atoms with E-state index in [1.807, 2.05) is 12.1 Å². The zero-order chi connectivity index (χ0) is 9.54. The van der Waals surface area contributed by atoms with E-state index in [4.69, 9.17) is 0 Å². The first-order chi connectivity index (χ1) is 6.86. The molecule has 72 valence electrons. The average molecular weight is 187 g/mol. The summed E-state index contributed by atoms with van der Waals surface area (Å²) < 4.78 is 0. The third-order valence-corrected chi connectivity index (χ3v) is 3.10. The number of aryl methyl sites for hydroxylation is 1. The van der Waals surface area contributed by atoms with Crippen LogP contribution in [0.3, 0.4) is 0 Å². The molecule has 0 amide bonds. The van der Waals surface area contributed by atoms with Gasteiger partial charge in [0.1, 0.15) is 0 Å². The number of rotatable bonds is 0. The first-order valence-corrected chi connectivity index (χ1v) is 5.13. The Labute approximate surface area is 82.6 Å². The number of nitrogens with one attached hydrogen (secondary N) is 1. The Kier molecular flexibility index (Phi) is 1.64. The van der Waals surface area contributed by atoms with Gasteiger partial charge in [0.2, 0.25) is 0 Å². The van der Waals surface area contributed by atoms with Crippen LogP contribution >= 0.6 is 0 Å². The molecule has 1 unspecified atom stereocenters. The van der Waals surface area contributed by atoms with Crippen LogP contribution in [0.1, 0.15) is 30.1 Å². The summed E-state index contributed by atoms with van der Waals surface area (Å²) >= 11 is 0. The van der Waals surface area contributed by atoms with Gasteiger partial charge in [-0.2, -0.15) is 0 Å². The lowest BCUT2D eigenvalue weighted by Gasteiger charge is -2.08. The molecule has 2 N–H and O–H groups in total. The molecule has 0 spiro atoms. The van der Waals surface area contributed by atoms with Crippen LogP contribution in [0.25, 0.3) is 10.9 Å². The van der Waals surface area contributed by atoms with Gasteiger partial charge in [-0.15, -0.1) is 0 Å². The molecule has 1 heterocycles. The standard InChI is InChI=1S/C12H13NO/c14-11-6-1-3-8-7-13-10-5-2-4-9(11)12(8)10/h2,4-5,7,11,13-14H,1,3,6H2. The molecular weight excluding hydrogens is 174 g/mol. The van der Waals surface area contributed by atoms with Crippen LogP contribution in [0.2, 0.25) is 0 Å². The van der Waals surface area contributed by atoms with Crippen LogP contribution in [0.4, 0.5) is 0 Å². The molecule has 0 saturated heterocycles. The molecule has 14 heavy (non-hydrogen) atoms. The number of aromatic nitrogens is 1. The van der Waals surface area contributed by atoms with Gasteiger partial charge >= 0.3 is 0 Å². The fourth-order valence-corrected chi connectivity index (χ4v) is 2.40. The van der Waals surface area contributed by atoms with Crippen molar-refractivity contribution < 1.29 is 5.11 Å². The molecular formula is C12H13NO. The van der Waals surface area contributed by atoms with Crippen LogP contribution in [-0.4, -0.2) is 10.1 Å². The van der Waals surface area contributed by atoms with Gasteiger partial charge in [0.25, 0.3) is 0 Å². The second-order valence-electron chi connectivity index (χ2n) is 3.99. The maximum absolute atomic E-state index is 9.96. The molecule has 1 atom stereocenters. The van der Waals surface area contributed by atoms with Crippen molar-refractivity contribution in [1.82, 2.24) is 4.98 Å². The number of aliphatic hydroxyl groups is 1. The molecule has 1 aliphatic rings. The summed E-state index contributed by atoms with van der Waals surface area (Å²) in [6.07, 6.45) is 4.83. The fourth-order valence-electron chi connectivity index (χ4n) is 2.40. The summed E-state index contributed by atoms with van der Waals surface area (Å²) in [5.74, 6) is 0. The van der Waals surface area contributed by atoms with E-state index >= 15 is 0 Å². The Morgan fingerprint density at radius 2 is 2.29 bits per heavy atom. The largest absolute Gasteiger partial charge is 0.388 e. The van der Waals surface area contributed by atoms with Crippen LogP contribution < -0.4 is 0 Å². The SMILES string of the molecule is OC1CCCc2c[nH]c3cccc1c23. The fraction of sp³-hybridized carbons (Fsp3) is 0.333. The van der Waals surface area contributed by atoms with Crippen molar-refractivity contribution >= 4 is 10.9 Å². The smallest absolute Gasteiger partial charge is 0.0796 e. The number of H-pyrrole nitrogens is 1. The highest BCUT2D eigenvalue weighted by molar-refractivity contribution is 5.87. The highest BCUT2D eigenvalue weighted by atomic mass is 16.3. The van der Waals surface area contributed by atoms with E-state index in [0.717, 1.165) is 30.3 Å². The Bertz CT molecular complexity index is 472. The summed E-state index contributed by atoms with van der Waals surface area (Å²) in [5.41, 5.74) is 3.60. The van der Waals surface area contributed by atoms with E-state index in [2.05, 4.69) is 17.2 Å². The Morgan fingerprint density at radius 3 is 3.21 bits per heavy atom. The van der Waals surface area contributed by atoms with Crippen LogP contribution in [0.15, 0.2) is 24.4 Å². The van der Waals surface area contributed by atoms with Gasteiger partial charge in [-0.25, -0.2) is 0 Å². The lowest BCUT2D eigenvalue weighted by Crippen LogP contribution is -1.95. The van der Waals surface area contributed by atoms with Crippen molar-refractivity contribution in [2.75, 3.05) is 0 Å². The van der Waals surface area contributed by atoms with Gasteiger partial charge in [0.15, 0.2) is 0 Å². The lowest BCUT2D eigenvalue weighted by molar-refractivity contribution is 0.167. The number of hydrogen-bond acceptors (Lipinski definition) is 1. The van der Waals surface area contributed by atoms with Crippen LogP contribution in [-0.2, 0) is 6.42 Å². The van der Waals surface area contributed by atoms with E-state index in [9.17, 15) is 5.11 Å². The van der Waals surface area contributed by atoms with Crippen LogP contribution in [0, 0.1) is 0 Å². The summed E-state index contributed by atoms with van der Waals surface area (Å²) in [7, 11) is 0. The first kappa shape index (κ1) is 8.06. The third-order valence-electron chi connectivity index (χ3n) is 3.10. The molecule has 2 aromatic rings. The van der Waals surface area contributed by atoms with Gasteiger partial charge < -0.3 is 10.1 Å². The third kappa shape index (κ3) is 1.01. The van der Waals surface area contributed by atoms with Crippen molar-refractivity contribution in [2.24, 2.45) is 0 Å². The maximum Gasteiger partial charge on any atom is 0.0796 e. The predicted molar refractivity (Wildman–Crippen MR) is 56.2 cm³/mol. The molecule has 1 aliphatic carbocycles. The second-order valence-corrected chi connectivity index (χ2v) is 3.99. The molecule has 3 rings (SSSR count). The Balaban J connectivity index is 2.38. The minimum absolute atomic E-state index is 0.282. The Morgan fingerprint density at radius 1 is 1.36 bits per heavy atom. The van der Waals surface area contributed by atoms with Gasteiger partial charge in [0.05, 0.1) is 6.10 Å².